The van der Waals surface area contributed by atoms with Crippen LogP contribution in [0.15, 0.2) is 36.4 Å². The van der Waals surface area contributed by atoms with E-state index >= 15 is 0 Å². The Kier molecular flexibility index (Phi) is 5.66. The molecule has 6 rings (SSSR count). The number of carbonyl (C=O) groups is 2. The highest BCUT2D eigenvalue weighted by molar-refractivity contribution is 6.01. The molecule has 1 N–H and O–H groups in total. The topological polar surface area (TPSA) is 120 Å². The molecule has 1 fully saturated rings. The molecule has 3 heterocycles. The highest BCUT2D eigenvalue weighted by atomic mass is 16.5. The Morgan fingerprint density at radius 2 is 1.95 bits per heavy atom. The molecule has 1 amide bonds. The standard InChI is InChI=1S/C27H27N5O5/c1-35-22-5-3-4-18-19(22)13-17(14-24(18)36-2)26(34)32-10-8-27(9-11-32)15-21(33)20-12-16(6-7-23(20)37-27)25-28-30-31-29-25/h5-7,12-14H,3-4,8-11,15H2,1-2H3,(H,28,29,30,31). The molecule has 37 heavy (non-hydrogen) atoms. The molecule has 3 aromatic rings. The van der Waals surface area contributed by atoms with Crippen LogP contribution in [0.5, 0.6) is 11.5 Å². The van der Waals surface area contributed by atoms with Crippen molar-refractivity contribution >= 4 is 17.4 Å². The lowest BCUT2D eigenvalue weighted by Gasteiger charge is -2.44. The van der Waals surface area contributed by atoms with Crippen LogP contribution in [0.4, 0.5) is 0 Å². The van der Waals surface area contributed by atoms with E-state index in [0.717, 1.165) is 29.7 Å². The normalized spacial score (nSPS) is 17.9. The number of nitrogens with zero attached hydrogens (tertiary/aromatic N) is 4. The van der Waals surface area contributed by atoms with Gasteiger partial charge in [0.15, 0.2) is 5.78 Å². The molecule has 0 saturated carbocycles. The molecule has 10 nitrogen and oxygen atoms in total. The van der Waals surface area contributed by atoms with E-state index < -0.39 is 5.60 Å². The number of tetrazole rings is 1. The molecular formula is C27H27N5O5. The minimum Gasteiger partial charge on any atom is -0.496 e. The van der Waals surface area contributed by atoms with Gasteiger partial charge in [0, 0.05) is 48.2 Å². The summed E-state index contributed by atoms with van der Waals surface area (Å²) in [6.07, 6.45) is 5.17. The van der Waals surface area contributed by atoms with E-state index in [1.54, 1.807) is 26.4 Å². The van der Waals surface area contributed by atoms with Crippen LogP contribution < -0.4 is 9.47 Å². The van der Waals surface area contributed by atoms with Crippen molar-refractivity contribution in [2.45, 2.75) is 37.7 Å². The Morgan fingerprint density at radius 1 is 1.11 bits per heavy atom. The van der Waals surface area contributed by atoms with Gasteiger partial charge in [0.05, 0.1) is 26.2 Å². The third kappa shape index (κ3) is 4.02. The highest BCUT2D eigenvalue weighted by Crippen LogP contribution is 2.41. The summed E-state index contributed by atoms with van der Waals surface area (Å²) >= 11 is 0. The molecule has 1 aliphatic carbocycles. The largest absolute Gasteiger partial charge is 0.496 e. The van der Waals surface area contributed by atoms with Gasteiger partial charge in [0.1, 0.15) is 22.9 Å². The number of likely N-dealkylation sites (tertiary alicyclic amines) is 1. The summed E-state index contributed by atoms with van der Waals surface area (Å²) in [6.45, 7) is 0.990. The van der Waals surface area contributed by atoms with Gasteiger partial charge in [-0.3, -0.25) is 9.59 Å². The van der Waals surface area contributed by atoms with Gasteiger partial charge < -0.3 is 19.1 Å². The third-order valence-corrected chi connectivity index (χ3v) is 7.54. The lowest BCUT2D eigenvalue weighted by atomic mass is 9.82. The predicted molar refractivity (Wildman–Crippen MR) is 133 cm³/mol. The fourth-order valence-corrected chi connectivity index (χ4v) is 5.58. The first-order chi connectivity index (χ1) is 18.0. The van der Waals surface area contributed by atoms with Crippen molar-refractivity contribution in [3.05, 3.63) is 58.7 Å². The summed E-state index contributed by atoms with van der Waals surface area (Å²) in [5.74, 6) is 2.40. The van der Waals surface area contributed by atoms with Crippen LogP contribution in [0.2, 0.25) is 0 Å². The van der Waals surface area contributed by atoms with Crippen molar-refractivity contribution in [3.63, 3.8) is 0 Å². The first-order valence-electron chi connectivity index (χ1n) is 12.3. The molecule has 190 valence electrons. The number of hydrogen-bond acceptors (Lipinski definition) is 8. The molecule has 1 spiro atoms. The maximum atomic E-state index is 13.5. The van der Waals surface area contributed by atoms with Crippen molar-refractivity contribution in [2.24, 2.45) is 0 Å². The lowest BCUT2D eigenvalue weighted by molar-refractivity contribution is -0.00570. The summed E-state index contributed by atoms with van der Waals surface area (Å²) in [4.78, 5) is 28.5. The maximum absolute atomic E-state index is 13.5. The van der Waals surface area contributed by atoms with E-state index in [9.17, 15) is 9.59 Å². The average molecular weight is 502 g/mol. The predicted octanol–water partition coefficient (Wildman–Crippen LogP) is 3.45. The maximum Gasteiger partial charge on any atom is 0.254 e. The summed E-state index contributed by atoms with van der Waals surface area (Å²) < 4.78 is 17.6. The van der Waals surface area contributed by atoms with Crippen molar-refractivity contribution in [3.8, 4) is 22.9 Å². The van der Waals surface area contributed by atoms with E-state index in [1.165, 1.54) is 0 Å². The number of methoxy groups -OCH3 is 2. The Labute approximate surface area is 213 Å². The van der Waals surface area contributed by atoms with E-state index in [4.69, 9.17) is 14.2 Å². The highest BCUT2D eigenvalue weighted by Gasteiger charge is 2.44. The number of nitrogens with one attached hydrogen (secondary N) is 1. The van der Waals surface area contributed by atoms with Gasteiger partial charge >= 0.3 is 0 Å². The molecule has 1 saturated heterocycles. The Balaban J connectivity index is 1.19. The van der Waals surface area contributed by atoms with Crippen molar-refractivity contribution in [1.82, 2.24) is 25.5 Å². The van der Waals surface area contributed by atoms with Gasteiger partial charge in [-0.25, -0.2) is 0 Å². The average Bonchev–Trinajstić information content (AvgIpc) is 3.47. The van der Waals surface area contributed by atoms with Crippen molar-refractivity contribution in [1.29, 1.82) is 0 Å². The van der Waals surface area contributed by atoms with E-state index in [2.05, 4.69) is 20.6 Å². The minimum atomic E-state index is -0.617. The van der Waals surface area contributed by atoms with Crippen LogP contribution in [-0.4, -0.2) is 70.1 Å². The second kappa shape index (κ2) is 9.02. The lowest BCUT2D eigenvalue weighted by Crippen LogP contribution is -2.52. The smallest absolute Gasteiger partial charge is 0.254 e. The summed E-state index contributed by atoms with van der Waals surface area (Å²) in [5, 5.41) is 14.0. The molecule has 0 radical (unpaired) electrons. The number of carbonyl (C=O) groups excluding carboxylic acids is 2. The number of hydrogen-bond donors (Lipinski definition) is 1. The first kappa shape index (κ1) is 23.2. The number of aromatic nitrogens is 4. The van der Waals surface area contributed by atoms with Gasteiger partial charge in [-0.05, 0) is 54.5 Å². The Morgan fingerprint density at radius 3 is 2.68 bits per heavy atom. The number of ketones is 1. The number of rotatable bonds is 4. The zero-order valence-electron chi connectivity index (χ0n) is 20.7. The Hall–Kier alpha value is -4.21. The molecular weight excluding hydrogens is 474 g/mol. The molecule has 0 atom stereocenters. The van der Waals surface area contributed by atoms with Gasteiger partial charge in [-0.2, -0.15) is 5.21 Å². The zero-order chi connectivity index (χ0) is 25.6. The molecule has 10 heteroatoms. The quantitative estimate of drug-likeness (QED) is 0.577. The number of amides is 1. The molecule has 0 bridgehead atoms. The zero-order valence-corrected chi connectivity index (χ0v) is 20.7. The summed E-state index contributed by atoms with van der Waals surface area (Å²) in [5.41, 5.74) is 3.14. The van der Waals surface area contributed by atoms with Crippen LogP contribution in [0.1, 0.15) is 57.5 Å². The SMILES string of the molecule is COC1=CCCc2c(OC)cc(C(=O)N3CCC4(CC3)CC(=O)c3cc(-c5nn[nH]n5)ccc3O4)cc21. The van der Waals surface area contributed by atoms with E-state index in [0.29, 0.717) is 59.9 Å². The molecule has 2 aliphatic heterocycles. The van der Waals surface area contributed by atoms with Gasteiger partial charge in [-0.1, -0.05) is 0 Å². The van der Waals surface area contributed by atoms with Crippen LogP contribution >= 0.6 is 0 Å². The monoisotopic (exact) mass is 501 g/mol. The van der Waals surface area contributed by atoms with E-state index in [-0.39, 0.29) is 18.1 Å². The molecule has 0 unspecified atom stereocenters. The third-order valence-electron chi connectivity index (χ3n) is 7.54. The fourth-order valence-electron chi connectivity index (χ4n) is 5.58. The number of fused-ring (bicyclic) bond motifs is 2. The number of ether oxygens (including phenoxy) is 3. The number of allylic oxidation sites excluding steroid dienone is 1. The minimum absolute atomic E-state index is 0.0182. The second-order valence-corrected chi connectivity index (χ2v) is 9.64. The van der Waals surface area contributed by atoms with Gasteiger partial charge in [0.2, 0.25) is 5.82 Å². The van der Waals surface area contributed by atoms with Crippen molar-refractivity contribution in [2.75, 3.05) is 27.3 Å². The Bertz CT molecular complexity index is 1410. The van der Waals surface area contributed by atoms with Crippen LogP contribution in [0.3, 0.4) is 0 Å². The second-order valence-electron chi connectivity index (χ2n) is 9.64. The number of H-pyrrole nitrogens is 1. The van der Waals surface area contributed by atoms with E-state index in [1.807, 2.05) is 29.2 Å². The van der Waals surface area contributed by atoms with Gasteiger partial charge in [-0.15, -0.1) is 10.2 Å². The molecule has 2 aromatic carbocycles. The van der Waals surface area contributed by atoms with Crippen LogP contribution in [0, 0.1) is 0 Å². The summed E-state index contributed by atoms with van der Waals surface area (Å²) in [6, 6.07) is 9.08. The number of piperidine rings is 1. The summed E-state index contributed by atoms with van der Waals surface area (Å²) in [7, 11) is 3.27. The first-order valence-corrected chi connectivity index (χ1v) is 12.3. The molecule has 3 aliphatic rings. The number of aromatic amines is 1. The number of Topliss-reactive ketones (excluding diaryl/α,β-unsaturated/α-hetero) is 1. The molecule has 1 aromatic heterocycles. The van der Waals surface area contributed by atoms with Crippen LogP contribution in [-0.2, 0) is 11.2 Å². The fraction of sp³-hybridized carbons (Fsp3) is 0.370. The van der Waals surface area contributed by atoms with Gasteiger partial charge in [0.25, 0.3) is 5.91 Å². The van der Waals surface area contributed by atoms with Crippen LogP contribution in [0.25, 0.3) is 17.1 Å². The van der Waals surface area contributed by atoms with Crippen molar-refractivity contribution < 1.29 is 23.8 Å². The number of benzene rings is 2.